The van der Waals surface area contributed by atoms with Crippen molar-refractivity contribution in [2.45, 2.75) is 6.54 Å². The predicted octanol–water partition coefficient (Wildman–Crippen LogP) is 2.78. The molecule has 0 spiro atoms. The molecule has 0 saturated carbocycles. The molecule has 1 heterocycles. The molecule has 2 aromatic carbocycles. The molecule has 0 atom stereocenters. The molecule has 25 heavy (non-hydrogen) atoms. The summed E-state index contributed by atoms with van der Waals surface area (Å²) >= 11 is 5.71. The summed E-state index contributed by atoms with van der Waals surface area (Å²) in [6.07, 6.45) is 0. The standard InChI is InChI=1S/C17H13ClFN3O3/c18-13-7-11(5-6-14(13)19)21-16(24)12-4-2-1-3-10(12)9-22-15(23)8-20-17(22)25/h1-7H,8-9H2,(H,20,25)(H,21,24). The molecule has 128 valence electrons. The molecule has 1 aliphatic rings. The fraction of sp³-hybridized carbons (Fsp3) is 0.118. The lowest BCUT2D eigenvalue weighted by Crippen LogP contribution is -2.31. The number of benzene rings is 2. The second-order valence-electron chi connectivity index (χ2n) is 5.38. The van der Waals surface area contributed by atoms with Crippen LogP contribution >= 0.6 is 11.6 Å². The van der Waals surface area contributed by atoms with Gasteiger partial charge >= 0.3 is 6.03 Å². The molecule has 2 N–H and O–H groups in total. The largest absolute Gasteiger partial charge is 0.329 e. The van der Waals surface area contributed by atoms with Gasteiger partial charge in [-0.1, -0.05) is 29.8 Å². The van der Waals surface area contributed by atoms with Crippen molar-refractivity contribution in [1.29, 1.82) is 0 Å². The Morgan fingerprint density at radius 2 is 2.00 bits per heavy atom. The van der Waals surface area contributed by atoms with E-state index in [0.29, 0.717) is 16.8 Å². The zero-order valence-electron chi connectivity index (χ0n) is 12.9. The van der Waals surface area contributed by atoms with Crippen molar-refractivity contribution in [2.24, 2.45) is 0 Å². The summed E-state index contributed by atoms with van der Waals surface area (Å²) in [7, 11) is 0. The Morgan fingerprint density at radius 3 is 2.68 bits per heavy atom. The first kappa shape index (κ1) is 16.9. The van der Waals surface area contributed by atoms with E-state index >= 15 is 0 Å². The molecule has 2 aromatic rings. The molecule has 4 amide bonds. The van der Waals surface area contributed by atoms with Crippen molar-refractivity contribution in [3.05, 3.63) is 64.4 Å². The van der Waals surface area contributed by atoms with Gasteiger partial charge < -0.3 is 10.6 Å². The topological polar surface area (TPSA) is 78.5 Å². The summed E-state index contributed by atoms with van der Waals surface area (Å²) in [5.74, 6) is -1.39. The van der Waals surface area contributed by atoms with Crippen molar-refractivity contribution in [3.8, 4) is 0 Å². The first-order chi connectivity index (χ1) is 12.0. The normalized spacial score (nSPS) is 13.8. The molecule has 1 fully saturated rings. The molecule has 3 rings (SSSR count). The molecule has 6 nitrogen and oxygen atoms in total. The highest BCUT2D eigenvalue weighted by atomic mass is 35.5. The van der Waals surface area contributed by atoms with Gasteiger partial charge in [-0.05, 0) is 29.8 Å². The molecular formula is C17H13ClFN3O3. The zero-order valence-corrected chi connectivity index (χ0v) is 13.6. The number of amides is 4. The molecule has 1 aliphatic heterocycles. The number of carbonyl (C=O) groups is 3. The van der Waals surface area contributed by atoms with Gasteiger partial charge in [0.2, 0.25) is 5.91 Å². The van der Waals surface area contributed by atoms with Gasteiger partial charge in [-0.25, -0.2) is 9.18 Å². The minimum Gasteiger partial charge on any atom is -0.329 e. The van der Waals surface area contributed by atoms with Crippen molar-refractivity contribution in [3.63, 3.8) is 0 Å². The summed E-state index contributed by atoms with van der Waals surface area (Å²) < 4.78 is 13.2. The first-order valence-electron chi connectivity index (χ1n) is 7.38. The van der Waals surface area contributed by atoms with E-state index in [-0.39, 0.29) is 24.0 Å². The Labute approximate surface area is 147 Å². The van der Waals surface area contributed by atoms with Crippen LogP contribution in [0.1, 0.15) is 15.9 Å². The molecule has 8 heteroatoms. The average molecular weight is 362 g/mol. The average Bonchev–Trinajstić information content (AvgIpc) is 2.90. The highest BCUT2D eigenvalue weighted by Gasteiger charge is 2.29. The van der Waals surface area contributed by atoms with Crippen LogP contribution < -0.4 is 10.6 Å². The van der Waals surface area contributed by atoms with Gasteiger partial charge in [0.25, 0.3) is 5.91 Å². The Kier molecular flexibility index (Phi) is 4.67. The van der Waals surface area contributed by atoms with Gasteiger partial charge in [0.1, 0.15) is 5.82 Å². The zero-order chi connectivity index (χ0) is 18.0. The highest BCUT2D eigenvalue weighted by molar-refractivity contribution is 6.31. The van der Waals surface area contributed by atoms with Crippen LogP contribution in [0.4, 0.5) is 14.9 Å². The van der Waals surface area contributed by atoms with Crippen LogP contribution in [-0.2, 0) is 11.3 Å². The second-order valence-corrected chi connectivity index (χ2v) is 5.79. The predicted molar refractivity (Wildman–Crippen MR) is 89.8 cm³/mol. The van der Waals surface area contributed by atoms with Crippen molar-refractivity contribution in [2.75, 3.05) is 11.9 Å². The maximum atomic E-state index is 13.2. The van der Waals surface area contributed by atoms with Crippen LogP contribution in [0.25, 0.3) is 0 Å². The summed E-state index contributed by atoms with van der Waals surface area (Å²) in [6.45, 7) is -0.0697. The smallest absolute Gasteiger partial charge is 0.324 e. The van der Waals surface area contributed by atoms with Crippen LogP contribution in [0.2, 0.25) is 5.02 Å². The van der Waals surface area contributed by atoms with E-state index < -0.39 is 17.8 Å². The lowest BCUT2D eigenvalue weighted by atomic mass is 10.1. The second kappa shape index (κ2) is 6.90. The Balaban J connectivity index is 1.82. The van der Waals surface area contributed by atoms with E-state index in [0.717, 1.165) is 11.0 Å². The maximum absolute atomic E-state index is 13.2. The number of anilines is 1. The molecule has 0 unspecified atom stereocenters. The van der Waals surface area contributed by atoms with E-state index in [9.17, 15) is 18.8 Å². The number of urea groups is 1. The quantitative estimate of drug-likeness (QED) is 0.822. The Hall–Kier alpha value is -2.93. The van der Waals surface area contributed by atoms with E-state index in [1.165, 1.54) is 12.1 Å². The van der Waals surface area contributed by atoms with E-state index in [4.69, 9.17) is 11.6 Å². The third-order valence-electron chi connectivity index (χ3n) is 3.70. The minimum atomic E-state index is -0.585. The summed E-state index contributed by atoms with van der Waals surface area (Å²) in [5.41, 5.74) is 1.15. The van der Waals surface area contributed by atoms with Crippen molar-refractivity contribution < 1.29 is 18.8 Å². The number of nitrogens with one attached hydrogen (secondary N) is 2. The van der Waals surface area contributed by atoms with Crippen LogP contribution in [0.15, 0.2) is 42.5 Å². The number of imide groups is 1. The van der Waals surface area contributed by atoms with Gasteiger partial charge in [-0.2, -0.15) is 0 Å². The number of nitrogens with zero attached hydrogens (tertiary/aromatic N) is 1. The molecule has 0 radical (unpaired) electrons. The highest BCUT2D eigenvalue weighted by Crippen LogP contribution is 2.21. The molecule has 0 bridgehead atoms. The monoisotopic (exact) mass is 361 g/mol. The van der Waals surface area contributed by atoms with E-state index in [2.05, 4.69) is 10.6 Å². The fourth-order valence-electron chi connectivity index (χ4n) is 2.44. The van der Waals surface area contributed by atoms with Crippen LogP contribution in [0, 0.1) is 5.82 Å². The molecule has 1 saturated heterocycles. The first-order valence-corrected chi connectivity index (χ1v) is 7.76. The van der Waals surface area contributed by atoms with Gasteiger partial charge in [0, 0.05) is 11.3 Å². The van der Waals surface area contributed by atoms with E-state index in [1.807, 2.05) is 0 Å². The van der Waals surface area contributed by atoms with Crippen LogP contribution in [0.5, 0.6) is 0 Å². The maximum Gasteiger partial charge on any atom is 0.324 e. The van der Waals surface area contributed by atoms with Crippen molar-refractivity contribution >= 4 is 35.1 Å². The van der Waals surface area contributed by atoms with Crippen molar-refractivity contribution in [1.82, 2.24) is 10.2 Å². The fourth-order valence-corrected chi connectivity index (χ4v) is 2.62. The number of hydrogen-bond acceptors (Lipinski definition) is 3. The van der Waals surface area contributed by atoms with Gasteiger partial charge in [0.15, 0.2) is 0 Å². The van der Waals surface area contributed by atoms with Crippen LogP contribution in [-0.4, -0.2) is 29.3 Å². The number of carbonyl (C=O) groups excluding carboxylic acids is 3. The summed E-state index contributed by atoms with van der Waals surface area (Å²) in [5, 5.41) is 4.94. The third-order valence-corrected chi connectivity index (χ3v) is 3.99. The Bertz CT molecular complexity index is 856. The number of rotatable bonds is 4. The third kappa shape index (κ3) is 3.61. The Morgan fingerprint density at radius 1 is 1.24 bits per heavy atom. The molecular weight excluding hydrogens is 349 g/mol. The summed E-state index contributed by atoms with van der Waals surface area (Å²) in [6, 6.07) is 9.96. The van der Waals surface area contributed by atoms with Gasteiger partial charge in [0.05, 0.1) is 18.1 Å². The summed E-state index contributed by atoms with van der Waals surface area (Å²) in [4.78, 5) is 37.0. The number of hydrogen-bond donors (Lipinski definition) is 2. The SMILES string of the molecule is O=C(Nc1ccc(F)c(Cl)c1)c1ccccc1CN1C(=O)CNC1=O. The van der Waals surface area contributed by atoms with E-state index in [1.54, 1.807) is 24.3 Å². The molecule has 0 aromatic heterocycles. The lowest BCUT2D eigenvalue weighted by molar-refractivity contribution is -0.125. The number of halogens is 2. The van der Waals surface area contributed by atoms with Crippen LogP contribution in [0.3, 0.4) is 0 Å². The van der Waals surface area contributed by atoms with Gasteiger partial charge in [-0.15, -0.1) is 0 Å². The molecule has 0 aliphatic carbocycles. The lowest BCUT2D eigenvalue weighted by Gasteiger charge is -2.15. The minimum absolute atomic E-state index is 0.0154. The van der Waals surface area contributed by atoms with Gasteiger partial charge in [-0.3, -0.25) is 14.5 Å².